The number of carbonyl (C=O) groups is 2. The Hall–Kier alpha value is -1.40. The Kier molecular flexibility index (Phi) is 5.99. The molecule has 0 fully saturated rings. The molecule has 1 unspecified atom stereocenters. The van der Waals surface area contributed by atoms with E-state index in [0.29, 0.717) is 5.56 Å². The Morgan fingerprint density at radius 1 is 1.09 bits per heavy atom. The number of carbonyl (C=O) groups excluding carboxylic acids is 2. The van der Waals surface area contributed by atoms with Crippen LogP contribution in [0.2, 0.25) is 0 Å². The lowest BCUT2D eigenvalue weighted by atomic mass is 9.97. The first-order valence-corrected chi connectivity index (χ1v) is 8.12. The fourth-order valence-corrected chi connectivity index (χ4v) is 2.60. The van der Waals surface area contributed by atoms with Crippen molar-refractivity contribution < 1.29 is 19.1 Å². The van der Waals surface area contributed by atoms with E-state index in [2.05, 4.69) is 15.9 Å². The van der Waals surface area contributed by atoms with E-state index in [1.54, 1.807) is 19.1 Å². The average Bonchev–Trinajstić information content (AvgIpc) is 2.34. The van der Waals surface area contributed by atoms with Gasteiger partial charge in [0.25, 0.3) is 0 Å². The Labute approximate surface area is 145 Å². The first kappa shape index (κ1) is 19.6. The van der Waals surface area contributed by atoms with Crippen LogP contribution in [-0.4, -0.2) is 24.1 Å². The molecule has 0 radical (unpaired) electrons. The second-order valence-electron chi connectivity index (χ2n) is 6.58. The van der Waals surface area contributed by atoms with Crippen molar-refractivity contribution in [2.75, 3.05) is 6.54 Å². The van der Waals surface area contributed by atoms with Crippen LogP contribution in [-0.2, 0) is 18.8 Å². The molecule has 0 aliphatic heterocycles. The van der Waals surface area contributed by atoms with E-state index in [9.17, 15) is 9.59 Å². The summed E-state index contributed by atoms with van der Waals surface area (Å²) in [6.07, 6.45) is 0. The summed E-state index contributed by atoms with van der Waals surface area (Å²) in [4.78, 5) is 23.8. The van der Waals surface area contributed by atoms with Crippen LogP contribution < -0.4 is 5.73 Å². The lowest BCUT2D eigenvalue weighted by Crippen LogP contribution is -2.28. The number of nitrogens with two attached hydrogens (primary N) is 1. The molecular formula is C17H24BrNO4. The van der Waals surface area contributed by atoms with Crippen LogP contribution in [0.3, 0.4) is 0 Å². The molecule has 0 amide bonds. The van der Waals surface area contributed by atoms with Crippen LogP contribution in [0.15, 0.2) is 12.1 Å². The van der Waals surface area contributed by atoms with Gasteiger partial charge in [0.15, 0.2) is 4.51 Å². The van der Waals surface area contributed by atoms with Gasteiger partial charge in [-0.3, -0.25) is 4.79 Å². The number of aryl methyl sites for hydroxylation is 2. The molecule has 0 saturated heterocycles. The number of hydrogen-bond acceptors (Lipinski definition) is 5. The van der Waals surface area contributed by atoms with Gasteiger partial charge in [-0.25, -0.2) is 4.79 Å². The molecule has 0 saturated carbocycles. The number of rotatable bonds is 4. The van der Waals surface area contributed by atoms with Gasteiger partial charge in [0.2, 0.25) is 0 Å². The maximum atomic E-state index is 12.4. The topological polar surface area (TPSA) is 78.6 Å². The molecule has 0 heterocycles. The van der Waals surface area contributed by atoms with Gasteiger partial charge < -0.3 is 15.2 Å². The summed E-state index contributed by atoms with van der Waals surface area (Å²) in [5, 5.41) is 0. The third-order valence-electron chi connectivity index (χ3n) is 3.12. The van der Waals surface area contributed by atoms with E-state index < -0.39 is 16.1 Å². The van der Waals surface area contributed by atoms with Gasteiger partial charge in [0.1, 0.15) is 5.60 Å². The molecule has 1 aromatic rings. The minimum absolute atomic E-state index is 0.199. The number of benzene rings is 1. The molecule has 0 aliphatic rings. The highest BCUT2D eigenvalue weighted by Gasteiger charge is 2.30. The van der Waals surface area contributed by atoms with Crippen molar-refractivity contribution in [2.45, 2.75) is 51.7 Å². The highest BCUT2D eigenvalue weighted by atomic mass is 79.9. The third-order valence-corrected chi connectivity index (χ3v) is 3.74. The Morgan fingerprint density at radius 2 is 1.57 bits per heavy atom. The molecular weight excluding hydrogens is 362 g/mol. The number of hydrogen-bond donors (Lipinski definition) is 1. The smallest absolute Gasteiger partial charge is 0.339 e. The van der Waals surface area contributed by atoms with Crippen LogP contribution in [0.25, 0.3) is 0 Å². The maximum Gasteiger partial charge on any atom is 0.339 e. The summed E-state index contributed by atoms with van der Waals surface area (Å²) >= 11 is 3.40. The summed E-state index contributed by atoms with van der Waals surface area (Å²) in [5.41, 5.74) is 7.48. The van der Waals surface area contributed by atoms with E-state index in [1.807, 2.05) is 34.6 Å². The zero-order valence-electron chi connectivity index (χ0n) is 14.5. The Balaban J connectivity index is 3.20. The molecule has 2 N–H and O–H groups in total. The summed E-state index contributed by atoms with van der Waals surface area (Å²) in [6, 6.07) is 3.59. The van der Waals surface area contributed by atoms with Crippen molar-refractivity contribution in [1.29, 1.82) is 0 Å². The van der Waals surface area contributed by atoms with E-state index in [0.717, 1.165) is 16.7 Å². The second-order valence-corrected chi connectivity index (χ2v) is 8.10. The van der Waals surface area contributed by atoms with Crippen molar-refractivity contribution in [1.82, 2.24) is 0 Å². The first-order chi connectivity index (χ1) is 10.4. The van der Waals surface area contributed by atoms with Gasteiger partial charge in [-0.2, -0.15) is 0 Å². The highest BCUT2D eigenvalue weighted by molar-refractivity contribution is 9.09. The SMILES string of the molecule is Cc1cc(C(C)(Br)OC(=O)CN)cc(C)c1C(=O)OC(C)(C)C. The normalized spacial score (nSPS) is 14.1. The van der Waals surface area contributed by atoms with Gasteiger partial charge in [-0.05, 0) is 68.6 Å². The molecule has 1 atom stereocenters. The molecule has 0 bridgehead atoms. The minimum atomic E-state index is -1.01. The van der Waals surface area contributed by atoms with Crippen LogP contribution >= 0.6 is 15.9 Å². The van der Waals surface area contributed by atoms with E-state index in [1.165, 1.54) is 0 Å². The number of esters is 2. The Bertz CT molecular complexity index is 595. The van der Waals surface area contributed by atoms with Gasteiger partial charge in [-0.15, -0.1) is 0 Å². The summed E-state index contributed by atoms with van der Waals surface area (Å²) < 4.78 is 9.73. The molecule has 128 valence electrons. The molecule has 1 rings (SSSR count). The summed E-state index contributed by atoms with van der Waals surface area (Å²) in [5.74, 6) is -0.884. The molecule has 0 spiro atoms. The summed E-state index contributed by atoms with van der Waals surface area (Å²) in [6.45, 7) is 10.6. The predicted molar refractivity (Wildman–Crippen MR) is 92.5 cm³/mol. The monoisotopic (exact) mass is 385 g/mol. The van der Waals surface area contributed by atoms with Crippen LogP contribution in [0.5, 0.6) is 0 Å². The molecule has 6 heteroatoms. The maximum absolute atomic E-state index is 12.4. The Morgan fingerprint density at radius 3 is 1.96 bits per heavy atom. The quantitative estimate of drug-likeness (QED) is 0.634. The zero-order valence-corrected chi connectivity index (χ0v) is 16.0. The second kappa shape index (κ2) is 7.01. The van der Waals surface area contributed by atoms with Crippen LogP contribution in [0, 0.1) is 13.8 Å². The van der Waals surface area contributed by atoms with Crippen molar-refractivity contribution in [3.63, 3.8) is 0 Å². The minimum Gasteiger partial charge on any atom is -0.456 e. The van der Waals surface area contributed by atoms with Crippen LogP contribution in [0.4, 0.5) is 0 Å². The van der Waals surface area contributed by atoms with Gasteiger partial charge >= 0.3 is 11.9 Å². The molecule has 1 aromatic carbocycles. The number of ether oxygens (including phenoxy) is 2. The van der Waals surface area contributed by atoms with Gasteiger partial charge in [-0.1, -0.05) is 12.1 Å². The number of halogens is 1. The van der Waals surface area contributed by atoms with Crippen molar-refractivity contribution >= 4 is 27.9 Å². The van der Waals surface area contributed by atoms with Gasteiger partial charge in [0.05, 0.1) is 12.1 Å². The van der Waals surface area contributed by atoms with Crippen molar-refractivity contribution in [3.8, 4) is 0 Å². The van der Waals surface area contributed by atoms with E-state index in [4.69, 9.17) is 15.2 Å². The molecule has 0 aliphatic carbocycles. The molecule has 5 nitrogen and oxygen atoms in total. The van der Waals surface area contributed by atoms with Crippen LogP contribution in [0.1, 0.15) is 54.7 Å². The standard InChI is InChI=1S/C17H24BrNO4/c1-10-7-12(17(6,18)22-13(20)9-19)8-11(2)14(10)15(21)23-16(3,4)5/h7-8H,9,19H2,1-6H3. The molecule has 0 aromatic heterocycles. The summed E-state index contributed by atoms with van der Waals surface area (Å²) in [7, 11) is 0. The lowest BCUT2D eigenvalue weighted by Gasteiger charge is -2.26. The zero-order chi connectivity index (χ0) is 18.0. The fourth-order valence-electron chi connectivity index (χ4n) is 2.19. The predicted octanol–water partition coefficient (Wildman–Crippen LogP) is 3.33. The highest BCUT2D eigenvalue weighted by Crippen LogP contribution is 2.35. The van der Waals surface area contributed by atoms with Gasteiger partial charge in [0, 0.05) is 5.56 Å². The number of alkyl halides is 1. The first-order valence-electron chi connectivity index (χ1n) is 7.33. The largest absolute Gasteiger partial charge is 0.456 e. The van der Waals surface area contributed by atoms with Crippen molar-refractivity contribution in [2.24, 2.45) is 5.73 Å². The van der Waals surface area contributed by atoms with Crippen molar-refractivity contribution in [3.05, 3.63) is 34.4 Å². The van der Waals surface area contributed by atoms with E-state index in [-0.39, 0.29) is 12.5 Å². The molecule has 23 heavy (non-hydrogen) atoms. The third kappa shape index (κ3) is 5.32. The fraction of sp³-hybridized carbons (Fsp3) is 0.529. The lowest BCUT2D eigenvalue weighted by molar-refractivity contribution is -0.148. The average molecular weight is 386 g/mol. The van der Waals surface area contributed by atoms with E-state index >= 15 is 0 Å².